The van der Waals surface area contributed by atoms with E-state index in [0.29, 0.717) is 0 Å². The Morgan fingerprint density at radius 1 is 1.47 bits per heavy atom. The van der Waals surface area contributed by atoms with Gasteiger partial charge in [0, 0.05) is 13.7 Å². The minimum atomic E-state index is -0.105. The van der Waals surface area contributed by atoms with Gasteiger partial charge in [0.05, 0.1) is 12.1 Å². The molecular weight excluding hydrogens is 216 g/mol. The molecule has 1 heterocycles. The maximum Gasteiger partial charge on any atom is 0.164 e. The van der Waals surface area contributed by atoms with Gasteiger partial charge in [0.15, 0.2) is 5.82 Å². The van der Waals surface area contributed by atoms with Crippen LogP contribution in [0.5, 0.6) is 0 Å². The SMILES string of the molecule is CCCNCc1ncn(CCC(C)(C)OC)n1. The molecule has 0 spiro atoms. The molecule has 0 amide bonds. The fourth-order valence-corrected chi connectivity index (χ4v) is 1.38. The molecule has 0 aliphatic carbocycles. The molecule has 0 bridgehead atoms. The van der Waals surface area contributed by atoms with Gasteiger partial charge in [0.2, 0.25) is 0 Å². The molecule has 0 aliphatic heterocycles. The van der Waals surface area contributed by atoms with E-state index in [9.17, 15) is 0 Å². The predicted octanol–water partition coefficient (Wildman–Crippen LogP) is 1.59. The monoisotopic (exact) mass is 240 g/mol. The van der Waals surface area contributed by atoms with E-state index in [-0.39, 0.29) is 5.60 Å². The number of hydrogen-bond acceptors (Lipinski definition) is 4. The number of ether oxygens (including phenoxy) is 1. The standard InChI is InChI=1S/C12H24N4O/c1-5-7-13-9-11-14-10-16(15-11)8-6-12(2,3)17-4/h10,13H,5-9H2,1-4H3. The van der Waals surface area contributed by atoms with E-state index in [1.54, 1.807) is 13.4 Å². The van der Waals surface area contributed by atoms with Crippen LogP contribution in [-0.4, -0.2) is 34.0 Å². The Morgan fingerprint density at radius 2 is 2.24 bits per heavy atom. The van der Waals surface area contributed by atoms with Gasteiger partial charge in [-0.3, -0.25) is 4.68 Å². The summed E-state index contributed by atoms with van der Waals surface area (Å²) in [6.45, 7) is 8.88. The number of methoxy groups -OCH3 is 1. The van der Waals surface area contributed by atoms with Crippen LogP contribution in [0.4, 0.5) is 0 Å². The minimum Gasteiger partial charge on any atom is -0.379 e. The van der Waals surface area contributed by atoms with E-state index in [2.05, 4.69) is 36.2 Å². The van der Waals surface area contributed by atoms with Crippen molar-refractivity contribution in [3.63, 3.8) is 0 Å². The van der Waals surface area contributed by atoms with Crippen molar-refractivity contribution in [1.82, 2.24) is 20.1 Å². The number of nitrogens with zero attached hydrogens (tertiary/aromatic N) is 3. The van der Waals surface area contributed by atoms with Crippen LogP contribution in [0.2, 0.25) is 0 Å². The third kappa shape index (κ3) is 5.28. The Morgan fingerprint density at radius 3 is 2.88 bits per heavy atom. The molecule has 1 N–H and O–H groups in total. The van der Waals surface area contributed by atoms with Crippen LogP contribution in [-0.2, 0) is 17.8 Å². The molecule has 0 aromatic carbocycles. The second kappa shape index (κ2) is 6.71. The molecule has 0 aliphatic rings. The lowest BCUT2D eigenvalue weighted by Gasteiger charge is -2.22. The number of aromatic nitrogens is 3. The Hall–Kier alpha value is -0.940. The average Bonchev–Trinajstić information content (AvgIpc) is 2.75. The molecule has 1 aromatic heterocycles. The molecular formula is C12H24N4O. The van der Waals surface area contributed by atoms with Crippen LogP contribution < -0.4 is 5.32 Å². The summed E-state index contributed by atoms with van der Waals surface area (Å²) >= 11 is 0. The lowest BCUT2D eigenvalue weighted by atomic mass is 10.1. The molecule has 98 valence electrons. The van der Waals surface area contributed by atoms with Gasteiger partial charge < -0.3 is 10.1 Å². The summed E-state index contributed by atoms with van der Waals surface area (Å²) in [5.41, 5.74) is -0.105. The van der Waals surface area contributed by atoms with Gasteiger partial charge in [-0.1, -0.05) is 6.92 Å². The third-order valence-electron chi connectivity index (χ3n) is 2.79. The van der Waals surface area contributed by atoms with Crippen LogP contribution >= 0.6 is 0 Å². The first-order chi connectivity index (χ1) is 8.07. The summed E-state index contributed by atoms with van der Waals surface area (Å²) in [4.78, 5) is 4.26. The topological polar surface area (TPSA) is 52.0 Å². The van der Waals surface area contributed by atoms with Crippen molar-refractivity contribution in [2.45, 2.75) is 52.3 Å². The normalized spacial score (nSPS) is 12.0. The second-order valence-corrected chi connectivity index (χ2v) is 4.81. The lowest BCUT2D eigenvalue weighted by molar-refractivity contribution is 0.0113. The maximum atomic E-state index is 5.37. The third-order valence-corrected chi connectivity index (χ3v) is 2.79. The highest BCUT2D eigenvalue weighted by Gasteiger charge is 2.16. The van der Waals surface area contributed by atoms with Gasteiger partial charge in [0.25, 0.3) is 0 Å². The van der Waals surface area contributed by atoms with Crippen molar-refractivity contribution >= 4 is 0 Å². The zero-order valence-electron chi connectivity index (χ0n) is 11.4. The highest BCUT2D eigenvalue weighted by Crippen LogP contribution is 2.13. The number of aryl methyl sites for hydroxylation is 1. The van der Waals surface area contributed by atoms with E-state index in [1.165, 1.54) is 0 Å². The van der Waals surface area contributed by atoms with Crippen molar-refractivity contribution in [3.8, 4) is 0 Å². The lowest BCUT2D eigenvalue weighted by Crippen LogP contribution is -2.24. The summed E-state index contributed by atoms with van der Waals surface area (Å²) in [5.74, 6) is 0.855. The van der Waals surface area contributed by atoms with Crippen LogP contribution in [0.3, 0.4) is 0 Å². The molecule has 5 heteroatoms. The fourth-order valence-electron chi connectivity index (χ4n) is 1.38. The first kappa shape index (κ1) is 14.1. The van der Waals surface area contributed by atoms with Gasteiger partial charge in [-0.2, -0.15) is 5.10 Å². The average molecular weight is 240 g/mol. The van der Waals surface area contributed by atoms with Crippen molar-refractivity contribution in [3.05, 3.63) is 12.2 Å². The fraction of sp³-hybridized carbons (Fsp3) is 0.833. The smallest absolute Gasteiger partial charge is 0.164 e. The summed E-state index contributed by atoms with van der Waals surface area (Å²) in [6, 6.07) is 0. The molecule has 0 atom stereocenters. The highest BCUT2D eigenvalue weighted by molar-refractivity contribution is 4.81. The Labute approximate surface area is 104 Å². The Kier molecular flexibility index (Phi) is 5.58. The summed E-state index contributed by atoms with van der Waals surface area (Å²) in [5, 5.41) is 7.69. The first-order valence-electron chi connectivity index (χ1n) is 6.21. The van der Waals surface area contributed by atoms with Crippen molar-refractivity contribution in [2.75, 3.05) is 13.7 Å². The van der Waals surface area contributed by atoms with E-state index in [1.807, 2.05) is 4.68 Å². The van der Waals surface area contributed by atoms with Crippen LogP contribution in [0.1, 0.15) is 39.4 Å². The molecule has 17 heavy (non-hydrogen) atoms. The summed E-state index contributed by atoms with van der Waals surface area (Å²) in [7, 11) is 1.74. The second-order valence-electron chi connectivity index (χ2n) is 4.81. The van der Waals surface area contributed by atoms with Crippen molar-refractivity contribution in [2.24, 2.45) is 0 Å². The predicted molar refractivity (Wildman–Crippen MR) is 67.7 cm³/mol. The zero-order chi connectivity index (χ0) is 12.7. The number of nitrogens with one attached hydrogen (secondary N) is 1. The molecule has 0 radical (unpaired) electrons. The van der Waals surface area contributed by atoms with Crippen LogP contribution in [0.25, 0.3) is 0 Å². The number of hydrogen-bond donors (Lipinski definition) is 1. The Bertz CT molecular complexity index is 322. The maximum absolute atomic E-state index is 5.37. The number of rotatable bonds is 8. The van der Waals surface area contributed by atoms with E-state index < -0.39 is 0 Å². The Balaban J connectivity index is 2.35. The van der Waals surface area contributed by atoms with E-state index in [4.69, 9.17) is 4.74 Å². The molecule has 0 fully saturated rings. The molecule has 0 unspecified atom stereocenters. The van der Waals surface area contributed by atoms with Crippen molar-refractivity contribution in [1.29, 1.82) is 0 Å². The quantitative estimate of drug-likeness (QED) is 0.701. The molecule has 5 nitrogen and oxygen atoms in total. The van der Waals surface area contributed by atoms with Crippen LogP contribution in [0, 0.1) is 0 Å². The zero-order valence-corrected chi connectivity index (χ0v) is 11.4. The molecule has 0 saturated carbocycles. The van der Waals surface area contributed by atoms with E-state index >= 15 is 0 Å². The summed E-state index contributed by atoms with van der Waals surface area (Å²) in [6.07, 6.45) is 3.84. The van der Waals surface area contributed by atoms with Gasteiger partial charge in [0.1, 0.15) is 6.33 Å². The largest absolute Gasteiger partial charge is 0.379 e. The highest BCUT2D eigenvalue weighted by atomic mass is 16.5. The van der Waals surface area contributed by atoms with Gasteiger partial charge in [-0.05, 0) is 33.2 Å². The van der Waals surface area contributed by atoms with Gasteiger partial charge in [-0.25, -0.2) is 4.98 Å². The minimum absolute atomic E-state index is 0.105. The first-order valence-corrected chi connectivity index (χ1v) is 6.21. The van der Waals surface area contributed by atoms with Gasteiger partial charge >= 0.3 is 0 Å². The molecule has 1 aromatic rings. The summed E-state index contributed by atoms with van der Waals surface area (Å²) < 4.78 is 7.25. The van der Waals surface area contributed by atoms with Gasteiger partial charge in [-0.15, -0.1) is 0 Å². The van der Waals surface area contributed by atoms with Crippen molar-refractivity contribution < 1.29 is 4.74 Å². The van der Waals surface area contributed by atoms with Crippen LogP contribution in [0.15, 0.2) is 6.33 Å². The van der Waals surface area contributed by atoms with E-state index in [0.717, 1.165) is 38.3 Å². The molecule has 0 saturated heterocycles. The molecule has 1 rings (SSSR count).